The quantitative estimate of drug-likeness (QED) is 0.387. The van der Waals surface area contributed by atoms with Crippen LogP contribution in [-0.4, -0.2) is 19.2 Å². The van der Waals surface area contributed by atoms with Crippen molar-refractivity contribution in [2.45, 2.75) is 6.54 Å². The van der Waals surface area contributed by atoms with Gasteiger partial charge in [0.25, 0.3) is 0 Å². The fourth-order valence-electron chi connectivity index (χ4n) is 2.96. The first-order valence-corrected chi connectivity index (χ1v) is 6.22. The van der Waals surface area contributed by atoms with Gasteiger partial charge in [0.15, 0.2) is 5.52 Å². The minimum atomic E-state index is 0.859. The zero-order valence-electron chi connectivity index (χ0n) is 10.1. The van der Waals surface area contributed by atoms with E-state index in [2.05, 4.69) is 43.6 Å². The van der Waals surface area contributed by atoms with Crippen molar-refractivity contribution >= 4 is 11.3 Å². The fourth-order valence-corrected chi connectivity index (χ4v) is 2.96. The first kappa shape index (κ1) is 9.27. The summed E-state index contributed by atoms with van der Waals surface area (Å²) in [6.45, 7) is 0.859. The highest BCUT2D eigenvalue weighted by Gasteiger charge is 2.29. The van der Waals surface area contributed by atoms with Gasteiger partial charge >= 0.3 is 5.78 Å². The van der Waals surface area contributed by atoms with E-state index >= 15 is 0 Å². The molecule has 19 heavy (non-hydrogen) atoms. The van der Waals surface area contributed by atoms with Crippen molar-refractivity contribution in [1.29, 1.82) is 0 Å². The summed E-state index contributed by atoms with van der Waals surface area (Å²) in [5.74, 6) is 1.09. The SMILES string of the molecule is c1cnn2c(c1)c[n+]1cc3n(c21)Cc1cnccc1-3. The minimum absolute atomic E-state index is 0.859. The number of fused-ring (bicyclic) bond motifs is 7. The van der Waals surface area contributed by atoms with Crippen LogP contribution in [0.25, 0.3) is 22.6 Å². The maximum Gasteiger partial charge on any atom is 0.394 e. The molecule has 5 heteroatoms. The van der Waals surface area contributed by atoms with Crippen molar-refractivity contribution in [2.75, 3.05) is 0 Å². The maximum absolute atomic E-state index is 4.44. The van der Waals surface area contributed by atoms with Gasteiger partial charge in [-0.2, -0.15) is 0 Å². The van der Waals surface area contributed by atoms with E-state index in [1.54, 1.807) is 0 Å². The van der Waals surface area contributed by atoms with Crippen molar-refractivity contribution in [1.82, 2.24) is 19.2 Å². The van der Waals surface area contributed by atoms with Crippen LogP contribution in [0.4, 0.5) is 0 Å². The normalized spacial score (nSPS) is 13.1. The summed E-state index contributed by atoms with van der Waals surface area (Å²) < 4.78 is 6.40. The largest absolute Gasteiger partial charge is 0.394 e. The molecule has 0 unspecified atom stereocenters. The second-order valence-corrected chi connectivity index (χ2v) is 4.83. The molecular weight excluding hydrogens is 238 g/mol. The molecule has 5 nitrogen and oxygen atoms in total. The summed E-state index contributed by atoms with van der Waals surface area (Å²) in [7, 11) is 0. The van der Waals surface area contributed by atoms with Gasteiger partial charge in [0.05, 0.1) is 12.7 Å². The van der Waals surface area contributed by atoms with Crippen LogP contribution >= 0.6 is 0 Å². The zero-order chi connectivity index (χ0) is 12.4. The van der Waals surface area contributed by atoms with Gasteiger partial charge in [0.1, 0.15) is 18.1 Å². The van der Waals surface area contributed by atoms with Crippen molar-refractivity contribution in [2.24, 2.45) is 0 Å². The van der Waals surface area contributed by atoms with E-state index in [1.165, 1.54) is 16.8 Å². The summed E-state index contributed by atoms with van der Waals surface area (Å²) in [6.07, 6.45) is 9.88. The molecule has 0 fully saturated rings. The van der Waals surface area contributed by atoms with Crippen molar-refractivity contribution in [3.63, 3.8) is 0 Å². The Labute approximate surface area is 108 Å². The van der Waals surface area contributed by atoms with Crippen LogP contribution in [0.3, 0.4) is 0 Å². The van der Waals surface area contributed by atoms with Crippen LogP contribution in [0.15, 0.2) is 49.2 Å². The van der Waals surface area contributed by atoms with Gasteiger partial charge in [-0.05, 0) is 18.2 Å². The molecule has 4 aromatic rings. The number of pyridine rings is 1. The number of hydrogen-bond acceptors (Lipinski definition) is 2. The number of rotatable bonds is 0. The second kappa shape index (κ2) is 3.00. The Balaban J connectivity index is 1.94. The lowest BCUT2D eigenvalue weighted by molar-refractivity contribution is -0.508. The smallest absolute Gasteiger partial charge is 0.264 e. The maximum atomic E-state index is 4.44. The summed E-state index contributed by atoms with van der Waals surface area (Å²) in [4.78, 5) is 4.21. The van der Waals surface area contributed by atoms with Crippen molar-refractivity contribution < 1.29 is 4.40 Å². The molecule has 0 saturated carbocycles. The molecule has 0 N–H and O–H groups in total. The average molecular weight is 248 g/mol. The lowest BCUT2D eigenvalue weighted by Crippen LogP contribution is -2.16. The fraction of sp³-hybridized carbons (Fsp3) is 0.0714. The van der Waals surface area contributed by atoms with E-state index in [0.29, 0.717) is 0 Å². The molecule has 4 aromatic heterocycles. The Bertz CT molecular complexity index is 947. The van der Waals surface area contributed by atoms with Gasteiger partial charge < -0.3 is 0 Å². The van der Waals surface area contributed by atoms with Gasteiger partial charge in [-0.1, -0.05) is 0 Å². The number of imidazole rings is 2. The molecule has 5 heterocycles. The molecule has 0 radical (unpaired) electrons. The Hall–Kier alpha value is -2.69. The van der Waals surface area contributed by atoms with Gasteiger partial charge in [0, 0.05) is 23.5 Å². The molecule has 1 aliphatic rings. The van der Waals surface area contributed by atoms with E-state index in [-0.39, 0.29) is 0 Å². The first-order chi connectivity index (χ1) is 9.42. The van der Waals surface area contributed by atoms with Crippen LogP contribution in [-0.2, 0) is 6.54 Å². The monoisotopic (exact) mass is 248 g/mol. The molecule has 0 spiro atoms. The third-order valence-electron chi connectivity index (χ3n) is 3.77. The van der Waals surface area contributed by atoms with E-state index in [1.807, 2.05) is 29.2 Å². The van der Waals surface area contributed by atoms with E-state index < -0.39 is 0 Å². The van der Waals surface area contributed by atoms with Gasteiger partial charge in [-0.25, -0.2) is 8.97 Å². The molecule has 1 aliphatic heterocycles. The average Bonchev–Trinajstić information content (AvgIpc) is 3.05. The highest BCUT2D eigenvalue weighted by Crippen LogP contribution is 2.31. The number of aromatic nitrogens is 5. The molecule has 90 valence electrons. The highest BCUT2D eigenvalue weighted by molar-refractivity contribution is 5.69. The molecule has 0 saturated heterocycles. The van der Waals surface area contributed by atoms with Crippen molar-refractivity contribution in [3.8, 4) is 11.3 Å². The zero-order valence-corrected chi connectivity index (χ0v) is 10.1. The van der Waals surface area contributed by atoms with Crippen LogP contribution in [0.2, 0.25) is 0 Å². The third-order valence-corrected chi connectivity index (χ3v) is 3.77. The van der Waals surface area contributed by atoms with Crippen LogP contribution in [0, 0.1) is 0 Å². The van der Waals surface area contributed by atoms with Gasteiger partial charge in [-0.3, -0.25) is 4.98 Å². The Morgan fingerprint density at radius 1 is 1.16 bits per heavy atom. The Morgan fingerprint density at radius 3 is 3.16 bits per heavy atom. The van der Waals surface area contributed by atoms with Crippen LogP contribution in [0.5, 0.6) is 0 Å². The Morgan fingerprint density at radius 2 is 2.16 bits per heavy atom. The lowest BCUT2D eigenvalue weighted by atomic mass is 10.1. The summed E-state index contributed by atoms with van der Waals surface area (Å²) in [5.41, 5.74) is 4.86. The van der Waals surface area contributed by atoms with Crippen molar-refractivity contribution in [3.05, 3.63) is 54.7 Å². The molecular formula is C14H10N5+. The lowest BCUT2D eigenvalue weighted by Gasteiger charge is -1.92. The molecule has 0 aliphatic carbocycles. The molecule has 0 amide bonds. The summed E-state index contributed by atoms with van der Waals surface area (Å²) >= 11 is 0. The molecule has 0 aromatic carbocycles. The highest BCUT2D eigenvalue weighted by atomic mass is 15.3. The Kier molecular flexibility index (Phi) is 1.46. The molecule has 0 atom stereocenters. The summed E-state index contributed by atoms with van der Waals surface area (Å²) in [6, 6.07) is 6.10. The minimum Gasteiger partial charge on any atom is -0.264 e. The van der Waals surface area contributed by atoms with Gasteiger partial charge in [-0.15, -0.1) is 9.61 Å². The second-order valence-electron chi connectivity index (χ2n) is 4.83. The molecule has 5 rings (SSSR count). The third kappa shape index (κ3) is 1.03. The van der Waals surface area contributed by atoms with Crippen LogP contribution in [0.1, 0.15) is 5.56 Å². The molecule has 0 bridgehead atoms. The topological polar surface area (TPSA) is 39.2 Å². The number of nitrogens with zero attached hydrogens (tertiary/aromatic N) is 5. The van der Waals surface area contributed by atoms with Crippen LogP contribution < -0.4 is 4.40 Å². The number of hydrogen-bond donors (Lipinski definition) is 0. The van der Waals surface area contributed by atoms with Gasteiger partial charge in [0.2, 0.25) is 0 Å². The summed E-state index contributed by atoms with van der Waals surface area (Å²) in [5, 5.41) is 4.44. The predicted octanol–water partition coefficient (Wildman–Crippen LogP) is 1.30. The standard InChI is InChI=1S/C14H10N5/c1-2-11-8-17-9-13-12-3-5-15-6-10(12)7-18(13)14(17)19(11)16-4-1/h1-6,8-9H,7H2/q+1. The van der Waals surface area contributed by atoms with E-state index in [9.17, 15) is 0 Å². The van der Waals surface area contributed by atoms with E-state index in [4.69, 9.17) is 0 Å². The predicted molar refractivity (Wildman–Crippen MR) is 68.7 cm³/mol. The van der Waals surface area contributed by atoms with E-state index in [0.717, 1.165) is 17.8 Å². The first-order valence-electron chi connectivity index (χ1n) is 6.22.